The molecule has 0 radical (unpaired) electrons. The summed E-state index contributed by atoms with van der Waals surface area (Å²) in [6.07, 6.45) is 11.2. The topological polar surface area (TPSA) is 35.6 Å². The number of nitrogens with zero attached hydrogens (tertiary/aromatic N) is 2. The van der Waals surface area contributed by atoms with E-state index >= 15 is 0 Å². The second kappa shape index (κ2) is 12.4. The largest absolute Gasteiger partial charge is 0.322 e. The van der Waals surface area contributed by atoms with Crippen LogP contribution < -0.4 is 5.32 Å². The minimum absolute atomic E-state index is 0.0225. The molecule has 2 aromatic rings. The van der Waals surface area contributed by atoms with Gasteiger partial charge in [-0.25, -0.2) is 4.79 Å². The highest BCUT2D eigenvalue weighted by atomic mass is 16.2. The number of nitrogens with one attached hydrogen (secondary N) is 1. The van der Waals surface area contributed by atoms with Crippen LogP contribution in [-0.2, 0) is 6.54 Å². The van der Waals surface area contributed by atoms with Crippen LogP contribution in [0.25, 0.3) is 0 Å². The molecule has 2 aliphatic rings. The van der Waals surface area contributed by atoms with Gasteiger partial charge in [0.15, 0.2) is 0 Å². The molecule has 1 saturated carbocycles. The van der Waals surface area contributed by atoms with E-state index in [1.165, 1.54) is 56.1 Å². The van der Waals surface area contributed by atoms with Crippen molar-refractivity contribution < 1.29 is 4.79 Å². The summed E-state index contributed by atoms with van der Waals surface area (Å²) in [5.41, 5.74) is 3.51. The summed E-state index contributed by atoms with van der Waals surface area (Å²) in [4.78, 5) is 18.2. The number of hydrogen-bond acceptors (Lipinski definition) is 2. The molecule has 0 spiro atoms. The predicted octanol–water partition coefficient (Wildman–Crippen LogP) is 7.42. The Hall–Kier alpha value is -2.33. The van der Waals surface area contributed by atoms with E-state index in [1.807, 2.05) is 6.07 Å². The highest BCUT2D eigenvalue weighted by molar-refractivity contribution is 5.89. The maximum absolute atomic E-state index is 13.5. The zero-order valence-corrected chi connectivity index (χ0v) is 21.2. The molecule has 4 nitrogen and oxygen atoms in total. The van der Waals surface area contributed by atoms with Crippen LogP contribution in [-0.4, -0.2) is 41.0 Å². The average Bonchev–Trinajstić information content (AvgIpc) is 2.89. The van der Waals surface area contributed by atoms with Crippen molar-refractivity contribution in [2.45, 2.75) is 96.2 Å². The van der Waals surface area contributed by atoms with Crippen molar-refractivity contribution in [3.63, 3.8) is 0 Å². The molecule has 184 valence electrons. The van der Waals surface area contributed by atoms with Crippen molar-refractivity contribution in [3.05, 3.63) is 65.7 Å². The fraction of sp³-hybridized carbons (Fsp3) is 0.567. The quantitative estimate of drug-likeness (QED) is 0.444. The molecule has 1 atom stereocenters. The molecule has 1 aliphatic heterocycles. The standard InChI is InChI=1S/C30H43N3O/c1-3-10-24(2)32-21-19-29(20-22-32)33(23-25-11-6-4-7-12-25)30(34)31-28-17-15-27(16-18-28)26-13-8-5-9-14-26/h4,6-7,11-12,15-18,24,26,29H,3,5,8-10,13-14,19-23H2,1-2H3,(H,31,34). The molecule has 1 aliphatic carbocycles. The smallest absolute Gasteiger partial charge is 0.317 e. The average molecular weight is 462 g/mol. The Morgan fingerprint density at radius 2 is 1.65 bits per heavy atom. The number of urea groups is 1. The first-order chi connectivity index (χ1) is 16.6. The monoisotopic (exact) mass is 461 g/mol. The SMILES string of the molecule is CCCC(C)N1CCC(N(Cc2ccccc2)C(=O)Nc2ccc(C3CCCCC3)cc2)CC1. The van der Waals surface area contributed by atoms with Gasteiger partial charge in [-0.1, -0.05) is 75.1 Å². The lowest BCUT2D eigenvalue weighted by Gasteiger charge is -2.40. The lowest BCUT2D eigenvalue weighted by atomic mass is 9.84. The third-order valence-electron chi connectivity index (χ3n) is 7.96. The number of likely N-dealkylation sites (tertiary alicyclic amines) is 1. The first-order valence-electron chi connectivity index (χ1n) is 13.6. The number of carbonyl (C=O) groups excluding carboxylic acids is 1. The van der Waals surface area contributed by atoms with Gasteiger partial charge in [-0.2, -0.15) is 0 Å². The fourth-order valence-electron chi connectivity index (χ4n) is 5.86. The zero-order valence-electron chi connectivity index (χ0n) is 21.2. The summed E-state index contributed by atoms with van der Waals surface area (Å²) < 4.78 is 0. The van der Waals surface area contributed by atoms with Gasteiger partial charge in [0.05, 0.1) is 0 Å². The van der Waals surface area contributed by atoms with Crippen molar-refractivity contribution in [1.29, 1.82) is 0 Å². The van der Waals surface area contributed by atoms with Gasteiger partial charge in [0.25, 0.3) is 0 Å². The second-order valence-corrected chi connectivity index (χ2v) is 10.4. The number of rotatable bonds is 8. The maximum Gasteiger partial charge on any atom is 0.322 e. The Morgan fingerprint density at radius 3 is 2.29 bits per heavy atom. The lowest BCUT2D eigenvalue weighted by molar-refractivity contribution is 0.0989. The molecule has 1 unspecified atom stereocenters. The third-order valence-corrected chi connectivity index (χ3v) is 7.96. The van der Waals surface area contributed by atoms with Gasteiger partial charge < -0.3 is 15.1 Å². The van der Waals surface area contributed by atoms with E-state index < -0.39 is 0 Å². The van der Waals surface area contributed by atoms with E-state index in [4.69, 9.17) is 0 Å². The number of carbonyl (C=O) groups is 1. The van der Waals surface area contributed by atoms with Crippen LogP contribution in [0.15, 0.2) is 54.6 Å². The molecule has 2 amide bonds. The highest BCUT2D eigenvalue weighted by Gasteiger charge is 2.29. The molecule has 4 heteroatoms. The lowest BCUT2D eigenvalue weighted by Crippen LogP contribution is -2.50. The zero-order chi connectivity index (χ0) is 23.8. The van der Waals surface area contributed by atoms with Crippen LogP contribution in [0.2, 0.25) is 0 Å². The molecule has 0 bridgehead atoms. The summed E-state index contributed by atoms with van der Waals surface area (Å²) >= 11 is 0. The summed E-state index contributed by atoms with van der Waals surface area (Å²) in [6.45, 7) is 7.40. The first-order valence-corrected chi connectivity index (χ1v) is 13.6. The number of amides is 2. The Labute approximate surface area is 206 Å². The van der Waals surface area contributed by atoms with Gasteiger partial charge in [-0.3, -0.25) is 0 Å². The third kappa shape index (κ3) is 6.63. The van der Waals surface area contributed by atoms with Crippen molar-refractivity contribution in [2.75, 3.05) is 18.4 Å². The van der Waals surface area contributed by atoms with Gasteiger partial charge in [0, 0.05) is 37.4 Å². The molecule has 2 fully saturated rings. The molecule has 1 heterocycles. The first kappa shape index (κ1) is 24.8. The summed E-state index contributed by atoms with van der Waals surface area (Å²) in [6, 6.07) is 20.0. The van der Waals surface area contributed by atoms with Crippen LogP contribution in [0, 0.1) is 0 Å². The van der Waals surface area contributed by atoms with Crippen LogP contribution in [0.4, 0.5) is 10.5 Å². The number of piperidine rings is 1. The van der Waals surface area contributed by atoms with Crippen LogP contribution in [0.3, 0.4) is 0 Å². The Bertz CT molecular complexity index is 868. The Kier molecular flexibility index (Phi) is 9.04. The molecular weight excluding hydrogens is 418 g/mol. The number of hydrogen-bond donors (Lipinski definition) is 1. The van der Waals surface area contributed by atoms with Gasteiger partial charge >= 0.3 is 6.03 Å². The molecule has 1 saturated heterocycles. The molecule has 34 heavy (non-hydrogen) atoms. The molecule has 2 aromatic carbocycles. The van der Waals surface area contributed by atoms with Crippen LogP contribution in [0.1, 0.15) is 88.7 Å². The van der Waals surface area contributed by atoms with Gasteiger partial charge in [-0.05, 0) is 68.2 Å². The van der Waals surface area contributed by atoms with Gasteiger partial charge in [0.1, 0.15) is 0 Å². The number of benzene rings is 2. The Balaban J connectivity index is 1.41. The van der Waals surface area contributed by atoms with Crippen molar-refractivity contribution in [3.8, 4) is 0 Å². The van der Waals surface area contributed by atoms with E-state index in [1.54, 1.807) is 0 Å². The van der Waals surface area contributed by atoms with Crippen LogP contribution in [0.5, 0.6) is 0 Å². The minimum Gasteiger partial charge on any atom is -0.317 e. The van der Waals surface area contributed by atoms with Crippen molar-refractivity contribution >= 4 is 11.7 Å². The summed E-state index contributed by atoms with van der Waals surface area (Å²) in [7, 11) is 0. The highest BCUT2D eigenvalue weighted by Crippen LogP contribution is 2.33. The van der Waals surface area contributed by atoms with E-state index in [9.17, 15) is 4.79 Å². The van der Waals surface area contributed by atoms with Crippen molar-refractivity contribution in [2.24, 2.45) is 0 Å². The van der Waals surface area contributed by atoms with E-state index in [2.05, 4.69) is 77.5 Å². The fourth-order valence-corrected chi connectivity index (χ4v) is 5.86. The summed E-state index contributed by atoms with van der Waals surface area (Å²) in [5, 5.41) is 3.22. The Morgan fingerprint density at radius 1 is 0.971 bits per heavy atom. The molecule has 1 N–H and O–H groups in total. The number of anilines is 1. The molecular formula is C30H43N3O. The molecule has 4 rings (SSSR count). The molecule has 0 aromatic heterocycles. The second-order valence-electron chi connectivity index (χ2n) is 10.4. The van der Waals surface area contributed by atoms with E-state index in [-0.39, 0.29) is 12.1 Å². The normalized spacial score (nSPS) is 19.0. The van der Waals surface area contributed by atoms with Crippen LogP contribution >= 0.6 is 0 Å². The van der Waals surface area contributed by atoms with E-state index in [0.29, 0.717) is 18.5 Å². The predicted molar refractivity (Wildman–Crippen MR) is 142 cm³/mol. The minimum atomic E-state index is 0.0225. The summed E-state index contributed by atoms with van der Waals surface area (Å²) in [5.74, 6) is 0.688. The van der Waals surface area contributed by atoms with Crippen molar-refractivity contribution in [1.82, 2.24) is 9.80 Å². The maximum atomic E-state index is 13.5. The van der Waals surface area contributed by atoms with E-state index in [0.717, 1.165) is 31.6 Å². The van der Waals surface area contributed by atoms with Gasteiger partial charge in [-0.15, -0.1) is 0 Å². The van der Waals surface area contributed by atoms with Gasteiger partial charge in [0.2, 0.25) is 0 Å².